The number of methoxy groups -OCH3 is 1. The van der Waals surface area contributed by atoms with Gasteiger partial charge >= 0.3 is 0 Å². The van der Waals surface area contributed by atoms with E-state index in [1.807, 2.05) is 0 Å². The summed E-state index contributed by atoms with van der Waals surface area (Å²) in [5.74, 6) is -0.149. The van der Waals surface area contributed by atoms with Crippen LogP contribution in [0.3, 0.4) is 0 Å². The van der Waals surface area contributed by atoms with Gasteiger partial charge in [0.25, 0.3) is 6.43 Å². The third-order valence-electron chi connectivity index (χ3n) is 1.60. The van der Waals surface area contributed by atoms with Crippen molar-refractivity contribution in [3.8, 4) is 5.88 Å². The molecule has 0 saturated carbocycles. The molecule has 1 heterocycles. The first kappa shape index (κ1) is 10.4. The fraction of sp³-hybridized carbons (Fsp3) is 0.250. The summed E-state index contributed by atoms with van der Waals surface area (Å²) in [6, 6.07) is 1.11. The zero-order chi connectivity index (χ0) is 10.7. The highest BCUT2D eigenvalue weighted by Crippen LogP contribution is 2.27. The van der Waals surface area contributed by atoms with Crippen molar-refractivity contribution in [3.05, 3.63) is 17.3 Å². The Morgan fingerprint density at radius 3 is 2.71 bits per heavy atom. The quantitative estimate of drug-likeness (QED) is 0.753. The number of carbonyl (C=O) groups excluding carboxylic acids is 1. The van der Waals surface area contributed by atoms with Gasteiger partial charge in [0.2, 0.25) is 5.88 Å². The van der Waals surface area contributed by atoms with Crippen LogP contribution in [0.4, 0.5) is 14.5 Å². The molecule has 0 atom stereocenters. The Kier molecular flexibility index (Phi) is 2.95. The van der Waals surface area contributed by atoms with Crippen molar-refractivity contribution in [1.29, 1.82) is 0 Å². The summed E-state index contributed by atoms with van der Waals surface area (Å²) in [4.78, 5) is 13.9. The van der Waals surface area contributed by atoms with E-state index >= 15 is 0 Å². The first-order valence-corrected chi connectivity index (χ1v) is 3.68. The van der Waals surface area contributed by atoms with Crippen LogP contribution in [0.15, 0.2) is 6.07 Å². The monoisotopic (exact) mass is 202 g/mol. The molecule has 0 amide bonds. The topological polar surface area (TPSA) is 65.2 Å². The molecule has 0 spiro atoms. The normalized spacial score (nSPS) is 10.3. The van der Waals surface area contributed by atoms with Gasteiger partial charge in [-0.25, -0.2) is 13.8 Å². The minimum atomic E-state index is -2.79. The Balaban J connectivity index is 3.30. The molecule has 1 rings (SSSR count). The van der Waals surface area contributed by atoms with Crippen LogP contribution in [0.25, 0.3) is 0 Å². The van der Waals surface area contributed by atoms with E-state index in [2.05, 4.69) is 9.72 Å². The molecule has 0 aliphatic heterocycles. The van der Waals surface area contributed by atoms with Crippen LogP contribution in [0.1, 0.15) is 22.5 Å². The lowest BCUT2D eigenvalue weighted by atomic mass is 10.2. The first-order valence-electron chi connectivity index (χ1n) is 3.68. The molecule has 0 fully saturated rings. The van der Waals surface area contributed by atoms with E-state index in [9.17, 15) is 13.6 Å². The first-order chi connectivity index (χ1) is 6.60. The largest absolute Gasteiger partial charge is 0.480 e. The number of pyridine rings is 1. The zero-order valence-electron chi connectivity index (χ0n) is 7.33. The second-order valence-electron chi connectivity index (χ2n) is 2.48. The van der Waals surface area contributed by atoms with E-state index in [1.165, 1.54) is 7.11 Å². The second-order valence-corrected chi connectivity index (χ2v) is 2.48. The number of halogens is 2. The van der Waals surface area contributed by atoms with Gasteiger partial charge in [-0.2, -0.15) is 0 Å². The number of aldehydes is 1. The van der Waals surface area contributed by atoms with Crippen molar-refractivity contribution in [3.63, 3.8) is 0 Å². The highest BCUT2D eigenvalue weighted by Gasteiger charge is 2.17. The maximum Gasteiger partial charge on any atom is 0.282 e. The number of hydrogen-bond donors (Lipinski definition) is 1. The number of anilines is 1. The number of nitrogens with zero attached hydrogens (tertiary/aromatic N) is 1. The Morgan fingerprint density at radius 1 is 1.64 bits per heavy atom. The van der Waals surface area contributed by atoms with Gasteiger partial charge in [-0.15, -0.1) is 0 Å². The second kappa shape index (κ2) is 3.99. The molecule has 0 bridgehead atoms. The minimum Gasteiger partial charge on any atom is -0.480 e. The highest BCUT2D eigenvalue weighted by atomic mass is 19.3. The number of nitrogens with two attached hydrogens (primary N) is 1. The molecular formula is C8H8F2N2O2. The molecule has 2 N–H and O–H groups in total. The van der Waals surface area contributed by atoms with Crippen LogP contribution in [0.2, 0.25) is 0 Å². The Hall–Kier alpha value is -1.72. The van der Waals surface area contributed by atoms with Crippen molar-refractivity contribution in [2.45, 2.75) is 6.43 Å². The summed E-state index contributed by atoms with van der Waals surface area (Å²) >= 11 is 0. The van der Waals surface area contributed by atoms with Crippen LogP contribution in [0.5, 0.6) is 5.88 Å². The zero-order valence-corrected chi connectivity index (χ0v) is 7.33. The Bertz CT molecular complexity index is 355. The molecule has 6 heteroatoms. The Morgan fingerprint density at radius 2 is 2.29 bits per heavy atom. The SMILES string of the molecule is COc1nc(C(F)F)c(N)cc1C=O. The van der Waals surface area contributed by atoms with Crippen molar-refractivity contribution in [1.82, 2.24) is 4.98 Å². The third kappa shape index (κ3) is 1.78. The molecule has 0 aliphatic rings. The van der Waals surface area contributed by atoms with Crippen LogP contribution in [-0.2, 0) is 0 Å². The molecule has 0 radical (unpaired) electrons. The summed E-state index contributed by atoms with van der Waals surface area (Å²) in [5.41, 5.74) is 4.52. The standard InChI is InChI=1S/C8H8F2N2O2/c1-14-8-4(3-13)2-5(11)6(12-8)7(9)10/h2-3,7H,11H2,1H3. The lowest BCUT2D eigenvalue weighted by Gasteiger charge is -2.07. The van der Waals surface area contributed by atoms with Crippen molar-refractivity contribution < 1.29 is 18.3 Å². The molecule has 0 aliphatic carbocycles. The molecule has 0 aromatic carbocycles. The molecular weight excluding hydrogens is 194 g/mol. The molecule has 76 valence electrons. The van der Waals surface area contributed by atoms with Gasteiger partial charge in [-0.3, -0.25) is 4.79 Å². The summed E-state index contributed by atoms with van der Waals surface area (Å²) in [5, 5.41) is 0. The minimum absolute atomic E-state index is 0.0504. The van der Waals surface area contributed by atoms with Gasteiger partial charge in [-0.05, 0) is 6.07 Å². The van der Waals surface area contributed by atoms with Crippen LogP contribution in [0, 0.1) is 0 Å². The van der Waals surface area contributed by atoms with Gasteiger partial charge in [-0.1, -0.05) is 0 Å². The van der Waals surface area contributed by atoms with Crippen LogP contribution in [-0.4, -0.2) is 18.4 Å². The number of carbonyl (C=O) groups is 1. The number of rotatable bonds is 3. The predicted molar refractivity (Wildman–Crippen MR) is 45.5 cm³/mol. The molecule has 14 heavy (non-hydrogen) atoms. The number of nitrogen functional groups attached to an aromatic ring is 1. The van der Waals surface area contributed by atoms with E-state index < -0.39 is 12.1 Å². The number of alkyl halides is 2. The summed E-state index contributed by atoms with van der Waals surface area (Å²) in [6.45, 7) is 0. The molecule has 0 unspecified atom stereocenters. The van der Waals surface area contributed by atoms with Crippen molar-refractivity contribution in [2.75, 3.05) is 12.8 Å². The van der Waals surface area contributed by atoms with Crippen LogP contribution < -0.4 is 10.5 Å². The van der Waals surface area contributed by atoms with Gasteiger partial charge in [0, 0.05) is 0 Å². The van der Waals surface area contributed by atoms with Crippen molar-refractivity contribution >= 4 is 12.0 Å². The van der Waals surface area contributed by atoms with E-state index in [0.29, 0.717) is 6.29 Å². The predicted octanol–water partition coefficient (Wildman–Crippen LogP) is 1.42. The van der Waals surface area contributed by atoms with E-state index in [1.54, 1.807) is 0 Å². The fourth-order valence-electron chi connectivity index (χ4n) is 0.964. The fourth-order valence-corrected chi connectivity index (χ4v) is 0.964. The number of hydrogen-bond acceptors (Lipinski definition) is 4. The van der Waals surface area contributed by atoms with Gasteiger partial charge in [0.1, 0.15) is 5.69 Å². The summed E-state index contributed by atoms with van der Waals surface area (Å²) < 4.78 is 29.2. The summed E-state index contributed by atoms with van der Waals surface area (Å²) in [7, 11) is 1.24. The smallest absolute Gasteiger partial charge is 0.282 e. The van der Waals surface area contributed by atoms with E-state index in [4.69, 9.17) is 5.73 Å². The third-order valence-corrected chi connectivity index (χ3v) is 1.60. The number of aromatic nitrogens is 1. The molecule has 4 nitrogen and oxygen atoms in total. The maximum absolute atomic E-state index is 12.3. The Labute approximate surface area is 78.7 Å². The lowest BCUT2D eigenvalue weighted by molar-refractivity contribution is 0.111. The summed E-state index contributed by atoms with van der Waals surface area (Å²) in [6.07, 6.45) is -2.35. The van der Waals surface area contributed by atoms with Gasteiger partial charge in [0.15, 0.2) is 6.29 Å². The lowest BCUT2D eigenvalue weighted by Crippen LogP contribution is -2.03. The van der Waals surface area contributed by atoms with Crippen molar-refractivity contribution in [2.24, 2.45) is 0 Å². The van der Waals surface area contributed by atoms with E-state index in [-0.39, 0.29) is 17.1 Å². The average Bonchev–Trinajstić information content (AvgIpc) is 2.16. The van der Waals surface area contributed by atoms with Gasteiger partial charge in [0.05, 0.1) is 18.4 Å². The van der Waals surface area contributed by atoms with Gasteiger partial charge < -0.3 is 10.5 Å². The molecule has 1 aromatic heterocycles. The molecule has 1 aromatic rings. The highest BCUT2D eigenvalue weighted by molar-refractivity contribution is 5.80. The maximum atomic E-state index is 12.3. The molecule has 0 saturated heterocycles. The average molecular weight is 202 g/mol. The van der Waals surface area contributed by atoms with E-state index in [0.717, 1.165) is 6.07 Å². The van der Waals surface area contributed by atoms with Crippen LogP contribution >= 0.6 is 0 Å². The number of ether oxygens (including phenoxy) is 1.